The average molecular weight is 302 g/mol. The lowest BCUT2D eigenvalue weighted by molar-refractivity contribution is 0.0959. The summed E-state index contributed by atoms with van der Waals surface area (Å²) in [5.74, 6) is -0.0843. The molecule has 0 fully saturated rings. The predicted molar refractivity (Wildman–Crippen MR) is 86.6 cm³/mol. The lowest BCUT2D eigenvalue weighted by atomic mass is 10.2. The summed E-state index contributed by atoms with van der Waals surface area (Å²) < 4.78 is 1.05. The Kier molecular flexibility index (Phi) is 3.71. The zero-order valence-corrected chi connectivity index (χ0v) is 12.4. The van der Waals surface area contributed by atoms with E-state index in [1.807, 2.05) is 29.6 Å². The number of hydrogen-bond donors (Lipinski definition) is 2. The maximum absolute atomic E-state index is 12.2. The zero-order chi connectivity index (χ0) is 13.9. The first-order valence-corrected chi connectivity index (χ1v) is 8.08. The fourth-order valence-electron chi connectivity index (χ4n) is 2.07. The Labute approximate surface area is 125 Å². The lowest BCUT2D eigenvalue weighted by Crippen LogP contribution is -2.25. The molecule has 3 N–H and O–H groups in total. The quantitative estimate of drug-likeness (QED) is 0.775. The number of hydrogen-bond acceptors (Lipinski definition) is 4. The van der Waals surface area contributed by atoms with E-state index in [1.54, 1.807) is 11.3 Å². The van der Waals surface area contributed by atoms with Crippen LogP contribution in [-0.4, -0.2) is 12.5 Å². The molecule has 0 aliphatic rings. The molecule has 2 aromatic heterocycles. The normalized spacial score (nSPS) is 10.8. The number of nitrogens with two attached hydrogens (primary N) is 1. The number of benzene rings is 1. The standard InChI is InChI=1S/C15H14N2OS2/c16-13-11-3-1-2-4-12(11)20-14(13)15(18)17-7-5-10-6-8-19-9-10/h1-4,6,8-9H,5,7,16H2,(H,17,18). The highest BCUT2D eigenvalue weighted by Gasteiger charge is 2.15. The van der Waals surface area contributed by atoms with Crippen LogP contribution in [0.5, 0.6) is 0 Å². The maximum Gasteiger partial charge on any atom is 0.263 e. The van der Waals surface area contributed by atoms with Crippen molar-refractivity contribution in [3.05, 3.63) is 51.5 Å². The third-order valence-corrected chi connectivity index (χ3v) is 5.04. The van der Waals surface area contributed by atoms with Crippen molar-refractivity contribution in [1.29, 1.82) is 0 Å². The van der Waals surface area contributed by atoms with Gasteiger partial charge < -0.3 is 11.1 Å². The molecule has 3 aromatic rings. The number of anilines is 1. The van der Waals surface area contributed by atoms with E-state index in [2.05, 4.69) is 16.8 Å². The molecule has 0 saturated heterocycles. The molecule has 0 saturated carbocycles. The summed E-state index contributed by atoms with van der Waals surface area (Å²) >= 11 is 3.11. The van der Waals surface area contributed by atoms with Gasteiger partial charge in [0.25, 0.3) is 5.91 Å². The van der Waals surface area contributed by atoms with Crippen LogP contribution < -0.4 is 11.1 Å². The number of amides is 1. The molecule has 1 amide bonds. The van der Waals surface area contributed by atoms with E-state index in [-0.39, 0.29) is 5.91 Å². The summed E-state index contributed by atoms with van der Waals surface area (Å²) in [6.07, 6.45) is 0.847. The number of carbonyl (C=O) groups excluding carboxylic acids is 1. The van der Waals surface area contributed by atoms with Crippen molar-refractivity contribution in [2.24, 2.45) is 0 Å². The van der Waals surface area contributed by atoms with Crippen molar-refractivity contribution in [3.8, 4) is 0 Å². The van der Waals surface area contributed by atoms with Gasteiger partial charge in [0.1, 0.15) is 4.88 Å². The van der Waals surface area contributed by atoms with Gasteiger partial charge in [0.2, 0.25) is 0 Å². The summed E-state index contributed by atoms with van der Waals surface area (Å²) in [7, 11) is 0. The van der Waals surface area contributed by atoms with Gasteiger partial charge in [0.15, 0.2) is 0 Å². The summed E-state index contributed by atoms with van der Waals surface area (Å²) in [6.45, 7) is 0.628. The second-order valence-corrected chi connectivity index (χ2v) is 6.31. The van der Waals surface area contributed by atoms with Crippen LogP contribution in [0.2, 0.25) is 0 Å². The van der Waals surface area contributed by atoms with E-state index in [9.17, 15) is 4.79 Å². The third-order valence-electron chi connectivity index (χ3n) is 3.12. The van der Waals surface area contributed by atoms with E-state index in [1.165, 1.54) is 16.9 Å². The van der Waals surface area contributed by atoms with Crippen LogP contribution in [0.15, 0.2) is 41.1 Å². The minimum Gasteiger partial charge on any atom is -0.397 e. The van der Waals surface area contributed by atoms with E-state index in [0.29, 0.717) is 17.1 Å². The number of carbonyl (C=O) groups is 1. The van der Waals surface area contributed by atoms with Gasteiger partial charge in [0.05, 0.1) is 5.69 Å². The van der Waals surface area contributed by atoms with Gasteiger partial charge in [-0.3, -0.25) is 4.79 Å². The Morgan fingerprint density at radius 3 is 2.85 bits per heavy atom. The second kappa shape index (κ2) is 5.64. The molecule has 0 aliphatic carbocycles. The number of rotatable bonds is 4. The Hall–Kier alpha value is -1.85. The molecule has 3 nitrogen and oxygen atoms in total. The summed E-state index contributed by atoms with van der Waals surface area (Å²) in [5, 5.41) is 8.03. The minimum absolute atomic E-state index is 0.0843. The topological polar surface area (TPSA) is 55.1 Å². The molecule has 0 unspecified atom stereocenters. The van der Waals surface area contributed by atoms with Crippen LogP contribution in [0, 0.1) is 0 Å². The molecule has 5 heteroatoms. The smallest absolute Gasteiger partial charge is 0.263 e. The molecule has 0 aliphatic heterocycles. The van der Waals surface area contributed by atoms with Crippen LogP contribution in [0.4, 0.5) is 5.69 Å². The van der Waals surface area contributed by atoms with Crippen LogP contribution >= 0.6 is 22.7 Å². The van der Waals surface area contributed by atoms with Crippen molar-refractivity contribution in [1.82, 2.24) is 5.32 Å². The molecule has 0 bridgehead atoms. The fourth-order valence-corrected chi connectivity index (χ4v) is 3.81. The van der Waals surface area contributed by atoms with Crippen LogP contribution in [-0.2, 0) is 6.42 Å². The molecule has 0 atom stereocenters. The average Bonchev–Trinajstić information content (AvgIpc) is 3.08. The number of nitrogens with one attached hydrogen (secondary N) is 1. The summed E-state index contributed by atoms with van der Waals surface area (Å²) in [4.78, 5) is 12.8. The van der Waals surface area contributed by atoms with Gasteiger partial charge in [0, 0.05) is 16.6 Å². The molecule has 1 aromatic carbocycles. The number of fused-ring (bicyclic) bond motifs is 1. The molecule has 2 heterocycles. The Balaban J connectivity index is 1.71. The van der Waals surface area contributed by atoms with E-state index >= 15 is 0 Å². The van der Waals surface area contributed by atoms with E-state index < -0.39 is 0 Å². The Bertz CT molecular complexity index is 732. The molecule has 0 spiro atoms. The van der Waals surface area contributed by atoms with Crippen molar-refractivity contribution < 1.29 is 4.79 Å². The monoisotopic (exact) mass is 302 g/mol. The van der Waals surface area contributed by atoms with Gasteiger partial charge in [-0.1, -0.05) is 18.2 Å². The first-order valence-electron chi connectivity index (χ1n) is 6.32. The lowest BCUT2D eigenvalue weighted by Gasteiger charge is -2.03. The third kappa shape index (κ3) is 2.55. The van der Waals surface area contributed by atoms with Gasteiger partial charge in [-0.05, 0) is 34.9 Å². The van der Waals surface area contributed by atoms with Crippen LogP contribution in [0.25, 0.3) is 10.1 Å². The van der Waals surface area contributed by atoms with E-state index in [4.69, 9.17) is 5.73 Å². The number of thiophene rings is 2. The highest BCUT2D eigenvalue weighted by Crippen LogP contribution is 2.33. The zero-order valence-electron chi connectivity index (χ0n) is 10.8. The van der Waals surface area contributed by atoms with Crippen molar-refractivity contribution >= 4 is 44.4 Å². The van der Waals surface area contributed by atoms with Gasteiger partial charge >= 0.3 is 0 Å². The SMILES string of the molecule is Nc1c(C(=O)NCCc2ccsc2)sc2ccccc12. The molecule has 3 rings (SSSR count). The van der Waals surface area contributed by atoms with Crippen molar-refractivity contribution in [2.45, 2.75) is 6.42 Å². The van der Waals surface area contributed by atoms with Crippen LogP contribution in [0.3, 0.4) is 0 Å². The first kappa shape index (κ1) is 13.1. The van der Waals surface area contributed by atoms with Gasteiger partial charge in [-0.15, -0.1) is 11.3 Å². The van der Waals surface area contributed by atoms with E-state index in [0.717, 1.165) is 16.5 Å². The highest BCUT2D eigenvalue weighted by molar-refractivity contribution is 7.21. The van der Waals surface area contributed by atoms with Crippen LogP contribution in [0.1, 0.15) is 15.2 Å². The Morgan fingerprint density at radius 2 is 2.10 bits per heavy atom. The first-order chi connectivity index (χ1) is 9.75. The number of nitrogen functional groups attached to an aromatic ring is 1. The highest BCUT2D eigenvalue weighted by atomic mass is 32.1. The van der Waals surface area contributed by atoms with Crippen molar-refractivity contribution in [3.63, 3.8) is 0 Å². The molecule has 20 heavy (non-hydrogen) atoms. The molecular weight excluding hydrogens is 288 g/mol. The largest absolute Gasteiger partial charge is 0.397 e. The van der Waals surface area contributed by atoms with Gasteiger partial charge in [-0.2, -0.15) is 11.3 Å². The predicted octanol–water partition coefficient (Wildman–Crippen LogP) is 3.52. The van der Waals surface area contributed by atoms with Crippen molar-refractivity contribution in [2.75, 3.05) is 12.3 Å². The minimum atomic E-state index is -0.0843. The molecule has 102 valence electrons. The maximum atomic E-state index is 12.2. The van der Waals surface area contributed by atoms with Gasteiger partial charge in [-0.25, -0.2) is 0 Å². The summed E-state index contributed by atoms with van der Waals surface area (Å²) in [6, 6.07) is 9.90. The molecule has 0 radical (unpaired) electrons. The Morgan fingerprint density at radius 1 is 1.25 bits per heavy atom. The fraction of sp³-hybridized carbons (Fsp3) is 0.133. The summed E-state index contributed by atoms with van der Waals surface area (Å²) in [5.41, 5.74) is 7.89. The second-order valence-electron chi connectivity index (χ2n) is 4.48. The molecular formula is C15H14N2OS2.